The van der Waals surface area contributed by atoms with E-state index in [0.29, 0.717) is 6.54 Å². The summed E-state index contributed by atoms with van der Waals surface area (Å²) >= 11 is 0. The Balaban J connectivity index is 2.01. The molecule has 0 amide bonds. The van der Waals surface area contributed by atoms with Gasteiger partial charge in [0.15, 0.2) is 0 Å². The van der Waals surface area contributed by atoms with Gasteiger partial charge in [-0.05, 0) is 12.5 Å². The van der Waals surface area contributed by atoms with E-state index in [1.807, 2.05) is 30.8 Å². The molecular weight excluding hydrogens is 244 g/mol. The number of benzene rings is 1. The quantitative estimate of drug-likeness (QED) is 0.660. The number of aromatic nitrogens is 2. The number of hydrogen-bond donors (Lipinski definition) is 1. The molecule has 2 aromatic rings. The van der Waals surface area contributed by atoms with Crippen molar-refractivity contribution in [2.75, 3.05) is 0 Å². The second-order valence-electron chi connectivity index (χ2n) is 4.43. The van der Waals surface area contributed by atoms with E-state index in [4.69, 9.17) is 0 Å². The Bertz CT molecular complexity index is 580. The Hall–Kier alpha value is -2.21. The largest absolute Gasteiger partial charge is 0.337 e. The Morgan fingerprint density at radius 3 is 2.95 bits per heavy atom. The highest BCUT2D eigenvalue weighted by molar-refractivity contribution is 5.34. The van der Waals surface area contributed by atoms with Gasteiger partial charge < -0.3 is 9.88 Å². The van der Waals surface area contributed by atoms with Crippen molar-refractivity contribution in [2.24, 2.45) is 7.05 Å². The zero-order valence-corrected chi connectivity index (χ0v) is 10.9. The van der Waals surface area contributed by atoms with Gasteiger partial charge in [-0.15, -0.1) is 0 Å². The average Bonchev–Trinajstić information content (AvgIpc) is 2.82. The molecule has 0 spiro atoms. The van der Waals surface area contributed by atoms with Crippen LogP contribution in [0.4, 0.5) is 5.69 Å². The van der Waals surface area contributed by atoms with Crippen LogP contribution in [0.2, 0.25) is 0 Å². The first-order chi connectivity index (χ1) is 9.08. The maximum absolute atomic E-state index is 10.7. The fourth-order valence-electron chi connectivity index (χ4n) is 1.94. The lowest BCUT2D eigenvalue weighted by atomic mass is 10.2. The van der Waals surface area contributed by atoms with E-state index in [-0.39, 0.29) is 16.7 Å². The first kappa shape index (κ1) is 13.2. The predicted molar refractivity (Wildman–Crippen MR) is 71.6 cm³/mol. The number of imidazole rings is 1. The van der Waals surface area contributed by atoms with E-state index in [2.05, 4.69) is 10.3 Å². The molecule has 6 nitrogen and oxygen atoms in total. The molecule has 2 rings (SSSR count). The number of nitrogens with zero attached hydrogens (tertiary/aromatic N) is 3. The topological polar surface area (TPSA) is 73.0 Å². The van der Waals surface area contributed by atoms with Crippen molar-refractivity contribution in [3.05, 3.63) is 58.2 Å². The number of hydrogen-bond acceptors (Lipinski definition) is 4. The second kappa shape index (κ2) is 5.62. The monoisotopic (exact) mass is 260 g/mol. The van der Waals surface area contributed by atoms with Gasteiger partial charge in [0.2, 0.25) is 0 Å². The van der Waals surface area contributed by atoms with Gasteiger partial charge in [-0.3, -0.25) is 10.1 Å². The summed E-state index contributed by atoms with van der Waals surface area (Å²) in [5.74, 6) is 0.936. The fraction of sp³-hybridized carbons (Fsp3) is 0.308. The molecule has 100 valence electrons. The highest BCUT2D eigenvalue weighted by atomic mass is 16.6. The molecule has 1 atom stereocenters. The van der Waals surface area contributed by atoms with Crippen LogP contribution < -0.4 is 5.32 Å². The summed E-state index contributed by atoms with van der Waals surface area (Å²) in [6.07, 6.45) is 3.64. The maximum atomic E-state index is 10.7. The van der Waals surface area contributed by atoms with Gasteiger partial charge in [-0.25, -0.2) is 4.98 Å². The van der Waals surface area contributed by atoms with Crippen LogP contribution in [0.3, 0.4) is 0 Å². The molecule has 0 bridgehead atoms. The summed E-state index contributed by atoms with van der Waals surface area (Å²) in [7, 11) is 1.94. The number of non-ortho nitro benzene ring substituents is 1. The van der Waals surface area contributed by atoms with E-state index in [0.717, 1.165) is 11.4 Å². The summed E-state index contributed by atoms with van der Waals surface area (Å²) in [6, 6.07) is 6.72. The van der Waals surface area contributed by atoms with Crippen LogP contribution in [-0.4, -0.2) is 14.5 Å². The molecule has 1 aromatic carbocycles. The normalized spacial score (nSPS) is 12.3. The Morgan fingerprint density at radius 1 is 1.53 bits per heavy atom. The smallest absolute Gasteiger partial charge is 0.269 e. The van der Waals surface area contributed by atoms with Gasteiger partial charge in [0.1, 0.15) is 5.82 Å². The molecule has 0 aliphatic heterocycles. The number of nitro benzene ring substituents is 1. The van der Waals surface area contributed by atoms with Gasteiger partial charge in [0.05, 0.1) is 11.0 Å². The van der Waals surface area contributed by atoms with Crippen molar-refractivity contribution in [1.82, 2.24) is 14.9 Å². The van der Waals surface area contributed by atoms with Crippen LogP contribution >= 0.6 is 0 Å². The molecule has 1 heterocycles. The standard InChI is InChI=1S/C13H16N4O2/c1-10(13-14-6-7-16(13)2)15-9-11-4-3-5-12(8-11)17(18)19/h3-8,10,15H,9H2,1-2H3. The Morgan fingerprint density at radius 2 is 2.32 bits per heavy atom. The minimum Gasteiger partial charge on any atom is -0.337 e. The van der Waals surface area contributed by atoms with E-state index in [9.17, 15) is 10.1 Å². The molecule has 0 fully saturated rings. The van der Waals surface area contributed by atoms with E-state index < -0.39 is 0 Å². The molecule has 1 unspecified atom stereocenters. The predicted octanol–water partition coefficient (Wildman–Crippen LogP) is 2.18. The van der Waals surface area contributed by atoms with Crippen LogP contribution in [0, 0.1) is 10.1 Å². The Kier molecular flexibility index (Phi) is 3.91. The Labute approximate surface area is 111 Å². The van der Waals surface area contributed by atoms with Gasteiger partial charge in [0, 0.05) is 38.1 Å². The lowest BCUT2D eigenvalue weighted by Crippen LogP contribution is -2.21. The van der Waals surface area contributed by atoms with Crippen molar-refractivity contribution in [3.8, 4) is 0 Å². The van der Waals surface area contributed by atoms with Gasteiger partial charge in [-0.2, -0.15) is 0 Å². The van der Waals surface area contributed by atoms with E-state index >= 15 is 0 Å². The van der Waals surface area contributed by atoms with Crippen LogP contribution in [0.15, 0.2) is 36.7 Å². The lowest BCUT2D eigenvalue weighted by Gasteiger charge is -2.13. The molecule has 0 radical (unpaired) electrons. The molecule has 0 aliphatic carbocycles. The van der Waals surface area contributed by atoms with Crippen LogP contribution in [0.25, 0.3) is 0 Å². The molecule has 19 heavy (non-hydrogen) atoms. The second-order valence-corrected chi connectivity index (χ2v) is 4.43. The summed E-state index contributed by atoms with van der Waals surface area (Å²) < 4.78 is 1.95. The number of rotatable bonds is 5. The van der Waals surface area contributed by atoms with Crippen molar-refractivity contribution in [2.45, 2.75) is 19.5 Å². The molecular formula is C13H16N4O2. The summed E-state index contributed by atoms with van der Waals surface area (Å²) in [6.45, 7) is 2.58. The first-order valence-electron chi connectivity index (χ1n) is 6.02. The van der Waals surface area contributed by atoms with Gasteiger partial charge in [0.25, 0.3) is 5.69 Å². The molecule has 1 N–H and O–H groups in total. The summed E-state index contributed by atoms with van der Waals surface area (Å²) in [5.41, 5.74) is 0.999. The van der Waals surface area contributed by atoms with Crippen molar-refractivity contribution in [1.29, 1.82) is 0 Å². The van der Waals surface area contributed by atoms with Crippen molar-refractivity contribution < 1.29 is 4.92 Å². The van der Waals surface area contributed by atoms with Crippen molar-refractivity contribution in [3.63, 3.8) is 0 Å². The zero-order valence-electron chi connectivity index (χ0n) is 10.9. The molecule has 1 aromatic heterocycles. The number of nitrogens with one attached hydrogen (secondary N) is 1. The molecule has 0 saturated carbocycles. The average molecular weight is 260 g/mol. The third-order valence-electron chi connectivity index (χ3n) is 2.98. The fourth-order valence-corrected chi connectivity index (χ4v) is 1.94. The minimum absolute atomic E-state index is 0.0827. The van der Waals surface area contributed by atoms with Gasteiger partial charge in [-0.1, -0.05) is 12.1 Å². The molecule has 6 heteroatoms. The third-order valence-corrected chi connectivity index (χ3v) is 2.98. The van der Waals surface area contributed by atoms with Crippen molar-refractivity contribution >= 4 is 5.69 Å². The number of nitro groups is 1. The maximum Gasteiger partial charge on any atom is 0.269 e. The summed E-state index contributed by atoms with van der Waals surface area (Å²) in [5, 5.41) is 14.0. The summed E-state index contributed by atoms with van der Waals surface area (Å²) in [4.78, 5) is 14.6. The molecule has 0 saturated heterocycles. The molecule has 0 aliphatic rings. The van der Waals surface area contributed by atoms with Crippen LogP contribution in [0.1, 0.15) is 24.4 Å². The minimum atomic E-state index is -0.383. The van der Waals surface area contributed by atoms with Crippen LogP contribution in [0.5, 0.6) is 0 Å². The van der Waals surface area contributed by atoms with Gasteiger partial charge >= 0.3 is 0 Å². The lowest BCUT2D eigenvalue weighted by molar-refractivity contribution is -0.384. The SMILES string of the molecule is CC(NCc1cccc([N+](=O)[O-])c1)c1nccn1C. The highest BCUT2D eigenvalue weighted by Gasteiger charge is 2.10. The third kappa shape index (κ3) is 3.17. The van der Waals surface area contributed by atoms with E-state index in [1.165, 1.54) is 6.07 Å². The first-order valence-corrected chi connectivity index (χ1v) is 6.02. The number of aryl methyl sites for hydroxylation is 1. The van der Waals surface area contributed by atoms with Crippen LogP contribution in [-0.2, 0) is 13.6 Å². The highest BCUT2D eigenvalue weighted by Crippen LogP contribution is 2.14. The zero-order chi connectivity index (χ0) is 13.8. The van der Waals surface area contributed by atoms with E-state index in [1.54, 1.807) is 18.3 Å².